The number of allylic oxidation sites excluding steroid dienone is 1. The highest BCUT2D eigenvalue weighted by atomic mass is 32.2. The van der Waals surface area contributed by atoms with Crippen LogP contribution in [0.3, 0.4) is 0 Å². The fraction of sp³-hybridized carbons (Fsp3) is 0.115. The summed E-state index contributed by atoms with van der Waals surface area (Å²) in [6, 6.07) is 15.4. The summed E-state index contributed by atoms with van der Waals surface area (Å²) in [5.41, 5.74) is 1.47. The maximum absolute atomic E-state index is 13.2. The Labute approximate surface area is 216 Å². The number of benzene rings is 3. The van der Waals surface area contributed by atoms with Crippen LogP contribution in [0.5, 0.6) is 0 Å². The van der Waals surface area contributed by atoms with Crippen molar-refractivity contribution in [3.63, 3.8) is 0 Å². The van der Waals surface area contributed by atoms with Crippen molar-refractivity contribution in [2.75, 3.05) is 11.3 Å². The molecule has 1 N–H and O–H groups in total. The number of nitrogens with zero attached hydrogens (tertiary/aromatic N) is 2. The maximum atomic E-state index is 13.2. The first-order chi connectivity index (χ1) is 17.7. The second kappa shape index (κ2) is 10.9. The van der Waals surface area contributed by atoms with E-state index in [-0.39, 0.29) is 22.8 Å². The van der Waals surface area contributed by atoms with Gasteiger partial charge in [-0.25, -0.2) is 17.6 Å². The quantitative estimate of drug-likeness (QED) is 0.257. The average Bonchev–Trinajstić information content (AvgIpc) is 3.20. The van der Waals surface area contributed by atoms with Gasteiger partial charge in [-0.1, -0.05) is 23.5 Å². The molecule has 1 aromatic heterocycles. The van der Waals surface area contributed by atoms with Crippen LogP contribution in [0, 0.1) is 5.82 Å². The largest absolute Gasteiger partial charge is 0.462 e. The molecule has 0 atom stereocenters. The van der Waals surface area contributed by atoms with E-state index in [4.69, 9.17) is 4.74 Å². The number of carbonyl (C=O) groups excluding carboxylic acids is 2. The topological polar surface area (TPSA) is 107 Å². The molecule has 3 aromatic carbocycles. The fourth-order valence-corrected chi connectivity index (χ4v) is 5.63. The molecular formula is C26H22FN3O5S2. The molecule has 1 amide bonds. The summed E-state index contributed by atoms with van der Waals surface area (Å²) in [6.45, 7) is 6.12. The van der Waals surface area contributed by atoms with Gasteiger partial charge in [0.1, 0.15) is 5.82 Å². The van der Waals surface area contributed by atoms with E-state index < -0.39 is 27.7 Å². The van der Waals surface area contributed by atoms with E-state index in [1.54, 1.807) is 35.8 Å². The predicted molar refractivity (Wildman–Crippen MR) is 140 cm³/mol. The number of rotatable bonds is 8. The van der Waals surface area contributed by atoms with Crippen LogP contribution in [-0.2, 0) is 21.3 Å². The smallest absolute Gasteiger partial charge is 0.338 e. The van der Waals surface area contributed by atoms with Crippen LogP contribution in [0.25, 0.3) is 10.2 Å². The number of fused-ring (bicyclic) bond motifs is 1. The number of amides is 1. The summed E-state index contributed by atoms with van der Waals surface area (Å²) in [4.78, 5) is 29.7. The monoisotopic (exact) mass is 539 g/mol. The Kier molecular flexibility index (Phi) is 7.65. The number of nitrogens with one attached hydrogen (secondary N) is 1. The zero-order valence-corrected chi connectivity index (χ0v) is 21.3. The lowest BCUT2D eigenvalue weighted by Crippen LogP contribution is -2.16. The van der Waals surface area contributed by atoms with Crippen LogP contribution in [0.2, 0.25) is 0 Å². The third kappa shape index (κ3) is 5.84. The molecule has 0 aliphatic rings. The van der Waals surface area contributed by atoms with E-state index in [9.17, 15) is 22.4 Å². The van der Waals surface area contributed by atoms with Crippen molar-refractivity contribution < 1.29 is 27.1 Å². The van der Waals surface area contributed by atoms with Gasteiger partial charge in [0.05, 0.1) is 27.3 Å². The highest BCUT2D eigenvalue weighted by Gasteiger charge is 2.16. The van der Waals surface area contributed by atoms with E-state index in [0.717, 1.165) is 34.5 Å². The van der Waals surface area contributed by atoms with Crippen LogP contribution in [0.4, 0.5) is 10.1 Å². The molecule has 0 fully saturated rings. The predicted octanol–water partition coefficient (Wildman–Crippen LogP) is 4.75. The minimum Gasteiger partial charge on any atom is -0.462 e. The molecule has 11 heteroatoms. The lowest BCUT2D eigenvalue weighted by atomic mass is 10.2. The van der Waals surface area contributed by atoms with Crippen molar-refractivity contribution in [3.8, 4) is 0 Å². The molecule has 0 saturated carbocycles. The number of ether oxygens (including phenoxy) is 1. The van der Waals surface area contributed by atoms with E-state index in [1.807, 2.05) is 0 Å². The zero-order chi connectivity index (χ0) is 26.6. The Hall–Kier alpha value is -4.09. The zero-order valence-electron chi connectivity index (χ0n) is 19.7. The lowest BCUT2D eigenvalue weighted by Gasteiger charge is -2.09. The van der Waals surface area contributed by atoms with Gasteiger partial charge in [0.15, 0.2) is 4.80 Å². The Morgan fingerprint density at radius 3 is 2.57 bits per heavy atom. The molecule has 0 radical (unpaired) electrons. The molecule has 0 aliphatic heterocycles. The first-order valence-corrected chi connectivity index (χ1v) is 13.4. The summed E-state index contributed by atoms with van der Waals surface area (Å²) in [6.07, 6.45) is 1.67. The average molecular weight is 540 g/mol. The number of esters is 1. The van der Waals surface area contributed by atoms with Gasteiger partial charge in [-0.3, -0.25) is 9.52 Å². The van der Waals surface area contributed by atoms with Crippen molar-refractivity contribution in [2.24, 2.45) is 4.99 Å². The number of hydrogen-bond acceptors (Lipinski definition) is 6. The molecule has 190 valence electrons. The number of thiazole rings is 1. The molecule has 4 rings (SSSR count). The van der Waals surface area contributed by atoms with Gasteiger partial charge in [0, 0.05) is 17.8 Å². The molecule has 0 aliphatic carbocycles. The van der Waals surface area contributed by atoms with Gasteiger partial charge in [0.2, 0.25) is 0 Å². The van der Waals surface area contributed by atoms with Crippen LogP contribution in [-0.4, -0.2) is 31.5 Å². The molecular weight excluding hydrogens is 517 g/mol. The van der Waals surface area contributed by atoms with E-state index in [2.05, 4.69) is 16.3 Å². The van der Waals surface area contributed by atoms with Gasteiger partial charge in [-0.05, 0) is 67.6 Å². The third-order valence-electron chi connectivity index (χ3n) is 5.19. The second-order valence-electron chi connectivity index (χ2n) is 7.74. The molecule has 0 bridgehead atoms. The van der Waals surface area contributed by atoms with Gasteiger partial charge >= 0.3 is 5.97 Å². The molecule has 0 unspecified atom stereocenters. The Morgan fingerprint density at radius 2 is 1.86 bits per heavy atom. The van der Waals surface area contributed by atoms with Crippen LogP contribution >= 0.6 is 11.3 Å². The SMILES string of the molecule is C=CCn1c(=NC(=O)c2cccc(NS(=O)(=O)c3ccc(F)cc3)c2)sc2cc(C(=O)OCC)ccc21. The number of anilines is 1. The molecule has 37 heavy (non-hydrogen) atoms. The normalized spacial score (nSPS) is 11.9. The van der Waals surface area contributed by atoms with Crippen molar-refractivity contribution in [3.05, 3.63) is 101 Å². The minimum atomic E-state index is -3.99. The summed E-state index contributed by atoms with van der Waals surface area (Å²) in [7, 11) is -3.99. The third-order valence-corrected chi connectivity index (χ3v) is 7.63. The van der Waals surface area contributed by atoms with Crippen molar-refractivity contribution in [1.82, 2.24) is 4.57 Å². The highest BCUT2D eigenvalue weighted by Crippen LogP contribution is 2.21. The molecule has 0 saturated heterocycles. The number of sulfonamides is 1. The van der Waals surface area contributed by atoms with Crippen LogP contribution < -0.4 is 9.52 Å². The number of carbonyl (C=O) groups is 2. The summed E-state index contributed by atoms with van der Waals surface area (Å²) >= 11 is 1.23. The minimum absolute atomic E-state index is 0.117. The molecule has 8 nitrogen and oxygen atoms in total. The molecule has 4 aromatic rings. The number of hydrogen-bond donors (Lipinski definition) is 1. The Morgan fingerprint density at radius 1 is 1.11 bits per heavy atom. The number of halogens is 1. The lowest BCUT2D eigenvalue weighted by molar-refractivity contribution is 0.0526. The fourth-order valence-electron chi connectivity index (χ4n) is 3.50. The van der Waals surface area contributed by atoms with Crippen molar-refractivity contribution >= 4 is 49.1 Å². The van der Waals surface area contributed by atoms with Gasteiger partial charge in [0.25, 0.3) is 15.9 Å². The number of aromatic nitrogens is 1. The first-order valence-electron chi connectivity index (χ1n) is 11.1. The van der Waals surface area contributed by atoms with Gasteiger partial charge < -0.3 is 9.30 Å². The van der Waals surface area contributed by atoms with E-state index in [0.29, 0.717) is 16.9 Å². The van der Waals surface area contributed by atoms with Crippen molar-refractivity contribution in [2.45, 2.75) is 18.4 Å². The Balaban J connectivity index is 1.67. The second-order valence-corrected chi connectivity index (χ2v) is 10.4. The van der Waals surface area contributed by atoms with E-state index >= 15 is 0 Å². The van der Waals surface area contributed by atoms with Crippen LogP contribution in [0.15, 0.2) is 89.3 Å². The van der Waals surface area contributed by atoms with Gasteiger partial charge in [-0.15, -0.1) is 6.58 Å². The summed E-state index contributed by atoms with van der Waals surface area (Å²) in [5.74, 6) is -1.58. The standard InChI is InChI=1S/C26H22FN3O5S2/c1-3-14-30-22-13-8-18(25(32)35-4-2)16-23(22)36-26(30)28-24(31)17-6-5-7-20(15-17)29-37(33,34)21-11-9-19(27)10-12-21/h3,5-13,15-16,29H,1,4,14H2,2H3. The summed E-state index contributed by atoms with van der Waals surface area (Å²) < 4.78 is 48.4. The van der Waals surface area contributed by atoms with Crippen LogP contribution in [0.1, 0.15) is 27.6 Å². The highest BCUT2D eigenvalue weighted by molar-refractivity contribution is 7.92. The molecule has 0 spiro atoms. The van der Waals surface area contributed by atoms with Crippen molar-refractivity contribution in [1.29, 1.82) is 0 Å². The Bertz CT molecular complexity index is 1670. The first kappa shape index (κ1) is 26.0. The maximum Gasteiger partial charge on any atom is 0.338 e. The van der Waals surface area contributed by atoms with E-state index in [1.165, 1.54) is 35.6 Å². The molecule has 1 heterocycles. The summed E-state index contributed by atoms with van der Waals surface area (Å²) in [5, 5.41) is 0. The van der Waals surface area contributed by atoms with Gasteiger partial charge in [-0.2, -0.15) is 4.99 Å².